The molecule has 0 bridgehead atoms. The number of alkyl halides is 3. The van der Waals surface area contributed by atoms with Crippen LogP contribution >= 0.6 is 12.2 Å². The fourth-order valence-corrected chi connectivity index (χ4v) is 3.13. The van der Waals surface area contributed by atoms with Gasteiger partial charge in [0, 0.05) is 30.6 Å². The molecule has 0 saturated heterocycles. The van der Waals surface area contributed by atoms with E-state index in [1.807, 2.05) is 49.0 Å². The number of nitrogens with zero attached hydrogens (tertiary/aromatic N) is 1. The summed E-state index contributed by atoms with van der Waals surface area (Å²) in [6.07, 6.45) is -0.723. The number of hydrogen-bond donors (Lipinski definition) is 0. The summed E-state index contributed by atoms with van der Waals surface area (Å²) >= 11 is 5.60. The second-order valence-corrected chi connectivity index (χ2v) is 6.44. The SMILES string of the molecule is Cc1cccc(-c2cn(C)cc(-c3cccc(C(F)(F)F)c3)c2=S)c1. The summed E-state index contributed by atoms with van der Waals surface area (Å²) < 4.78 is 41.4. The van der Waals surface area contributed by atoms with E-state index in [0.717, 1.165) is 28.8 Å². The summed E-state index contributed by atoms with van der Waals surface area (Å²) in [6.45, 7) is 1.99. The third kappa shape index (κ3) is 3.66. The number of rotatable bonds is 2. The highest BCUT2D eigenvalue weighted by molar-refractivity contribution is 7.71. The van der Waals surface area contributed by atoms with E-state index in [2.05, 4.69) is 0 Å². The van der Waals surface area contributed by atoms with Crippen LogP contribution in [0, 0.1) is 11.4 Å². The molecular weight excluding hydrogens is 343 g/mol. The fraction of sp³-hybridized carbons (Fsp3) is 0.150. The largest absolute Gasteiger partial charge is 0.416 e. The van der Waals surface area contributed by atoms with Crippen LogP contribution in [-0.2, 0) is 13.2 Å². The summed E-state index contributed by atoms with van der Waals surface area (Å²) in [5.74, 6) is 0. The van der Waals surface area contributed by atoms with E-state index in [1.165, 1.54) is 6.07 Å². The molecule has 0 N–H and O–H groups in total. The van der Waals surface area contributed by atoms with Crippen molar-refractivity contribution in [3.63, 3.8) is 0 Å². The minimum Gasteiger partial charge on any atom is -0.356 e. The molecule has 1 nitrogen and oxygen atoms in total. The maximum Gasteiger partial charge on any atom is 0.416 e. The molecule has 3 aromatic rings. The molecule has 0 atom stereocenters. The summed E-state index contributed by atoms with van der Waals surface area (Å²) in [6, 6.07) is 13.2. The Labute approximate surface area is 149 Å². The van der Waals surface area contributed by atoms with Crippen molar-refractivity contribution in [2.24, 2.45) is 7.05 Å². The van der Waals surface area contributed by atoms with Crippen LogP contribution in [0.4, 0.5) is 13.2 Å². The van der Waals surface area contributed by atoms with Crippen molar-refractivity contribution in [3.05, 3.63) is 76.6 Å². The van der Waals surface area contributed by atoms with Gasteiger partial charge < -0.3 is 4.57 Å². The normalized spacial score (nSPS) is 11.6. The summed E-state index contributed by atoms with van der Waals surface area (Å²) in [5, 5.41) is 0. The van der Waals surface area contributed by atoms with Gasteiger partial charge in [-0.25, -0.2) is 0 Å². The third-order valence-electron chi connectivity index (χ3n) is 3.98. The molecule has 0 aliphatic rings. The van der Waals surface area contributed by atoms with Gasteiger partial charge in [-0.2, -0.15) is 13.2 Å². The standard InChI is InChI=1S/C20H16F3NS/c1-13-5-3-6-14(9-13)17-11-24(2)12-18(19(17)25)15-7-4-8-16(10-15)20(21,22)23/h3-12H,1-2H3. The van der Waals surface area contributed by atoms with Crippen LogP contribution in [0.5, 0.6) is 0 Å². The van der Waals surface area contributed by atoms with Gasteiger partial charge in [-0.15, -0.1) is 0 Å². The summed E-state index contributed by atoms with van der Waals surface area (Å²) in [5.41, 5.74) is 3.28. The van der Waals surface area contributed by atoms with Gasteiger partial charge in [-0.05, 0) is 30.2 Å². The van der Waals surface area contributed by atoms with Gasteiger partial charge in [0.05, 0.1) is 10.1 Å². The Morgan fingerprint density at radius 1 is 0.880 bits per heavy atom. The van der Waals surface area contributed by atoms with Crippen LogP contribution in [0.2, 0.25) is 0 Å². The van der Waals surface area contributed by atoms with Crippen molar-refractivity contribution in [3.8, 4) is 22.3 Å². The van der Waals surface area contributed by atoms with Crippen molar-refractivity contribution in [1.29, 1.82) is 0 Å². The number of aryl methyl sites for hydroxylation is 2. The van der Waals surface area contributed by atoms with Crippen molar-refractivity contribution in [2.75, 3.05) is 0 Å². The van der Waals surface area contributed by atoms with E-state index in [-0.39, 0.29) is 0 Å². The molecule has 0 spiro atoms. The predicted molar refractivity (Wildman–Crippen MR) is 96.9 cm³/mol. The third-order valence-corrected chi connectivity index (χ3v) is 4.42. The molecule has 0 saturated carbocycles. The Morgan fingerprint density at radius 3 is 2.00 bits per heavy atom. The van der Waals surface area contributed by atoms with Crippen molar-refractivity contribution >= 4 is 12.2 Å². The first-order valence-corrected chi connectivity index (χ1v) is 8.11. The maximum atomic E-state index is 13.0. The van der Waals surface area contributed by atoms with E-state index in [1.54, 1.807) is 12.3 Å². The number of hydrogen-bond acceptors (Lipinski definition) is 1. The smallest absolute Gasteiger partial charge is 0.356 e. The molecule has 3 rings (SSSR count). The zero-order chi connectivity index (χ0) is 18.2. The van der Waals surface area contributed by atoms with Crippen LogP contribution in [0.15, 0.2) is 60.9 Å². The van der Waals surface area contributed by atoms with E-state index in [0.29, 0.717) is 15.6 Å². The first-order chi connectivity index (χ1) is 11.8. The molecule has 0 fully saturated rings. The Kier molecular flexibility index (Phi) is 4.52. The van der Waals surface area contributed by atoms with Gasteiger partial charge in [0.25, 0.3) is 0 Å². The van der Waals surface area contributed by atoms with Crippen molar-refractivity contribution in [2.45, 2.75) is 13.1 Å². The second-order valence-electron chi connectivity index (χ2n) is 6.03. The molecular formula is C20H16F3NS. The molecule has 128 valence electrons. The first kappa shape index (κ1) is 17.4. The van der Waals surface area contributed by atoms with E-state index < -0.39 is 11.7 Å². The highest BCUT2D eigenvalue weighted by atomic mass is 32.1. The molecule has 0 amide bonds. The number of benzene rings is 2. The summed E-state index contributed by atoms with van der Waals surface area (Å²) in [7, 11) is 1.84. The Bertz CT molecular complexity index is 987. The molecule has 0 aliphatic carbocycles. The van der Waals surface area contributed by atoms with Crippen LogP contribution in [-0.4, -0.2) is 4.57 Å². The average Bonchev–Trinajstić information content (AvgIpc) is 2.56. The van der Waals surface area contributed by atoms with Gasteiger partial charge in [0.15, 0.2) is 0 Å². The molecule has 0 unspecified atom stereocenters. The van der Waals surface area contributed by atoms with E-state index >= 15 is 0 Å². The zero-order valence-corrected chi connectivity index (χ0v) is 14.6. The lowest BCUT2D eigenvalue weighted by atomic mass is 9.99. The van der Waals surface area contributed by atoms with Crippen molar-refractivity contribution < 1.29 is 13.2 Å². The number of halogens is 3. The molecule has 0 radical (unpaired) electrons. The Balaban J connectivity index is 2.21. The van der Waals surface area contributed by atoms with Gasteiger partial charge in [0.2, 0.25) is 0 Å². The molecule has 1 heterocycles. The number of aromatic nitrogens is 1. The molecule has 1 aromatic heterocycles. The van der Waals surface area contributed by atoms with Crippen LogP contribution in [0.25, 0.3) is 22.3 Å². The van der Waals surface area contributed by atoms with Crippen LogP contribution < -0.4 is 0 Å². The highest BCUT2D eigenvalue weighted by Crippen LogP contribution is 2.34. The fourth-order valence-electron chi connectivity index (χ4n) is 2.79. The van der Waals surface area contributed by atoms with Gasteiger partial charge in [-0.3, -0.25) is 0 Å². The first-order valence-electron chi connectivity index (χ1n) is 7.70. The van der Waals surface area contributed by atoms with E-state index in [9.17, 15) is 13.2 Å². The lowest BCUT2D eigenvalue weighted by Crippen LogP contribution is -2.04. The van der Waals surface area contributed by atoms with Gasteiger partial charge in [0.1, 0.15) is 0 Å². The minimum atomic E-state index is -4.38. The molecule has 2 aromatic carbocycles. The topological polar surface area (TPSA) is 4.93 Å². The van der Waals surface area contributed by atoms with Crippen LogP contribution in [0.1, 0.15) is 11.1 Å². The Hall–Kier alpha value is -2.40. The zero-order valence-electron chi connectivity index (χ0n) is 13.8. The maximum absolute atomic E-state index is 13.0. The van der Waals surface area contributed by atoms with Gasteiger partial charge >= 0.3 is 6.18 Å². The number of pyridine rings is 1. The molecule has 25 heavy (non-hydrogen) atoms. The second kappa shape index (κ2) is 6.48. The average molecular weight is 359 g/mol. The van der Waals surface area contributed by atoms with Gasteiger partial charge in [-0.1, -0.05) is 54.2 Å². The quantitative estimate of drug-likeness (QED) is 0.478. The van der Waals surface area contributed by atoms with E-state index in [4.69, 9.17) is 12.2 Å². The lowest BCUT2D eigenvalue weighted by molar-refractivity contribution is -0.137. The highest BCUT2D eigenvalue weighted by Gasteiger charge is 2.30. The molecule has 5 heteroatoms. The lowest BCUT2D eigenvalue weighted by Gasteiger charge is -2.13. The molecule has 0 aliphatic heterocycles. The van der Waals surface area contributed by atoms with Crippen LogP contribution in [0.3, 0.4) is 0 Å². The summed E-state index contributed by atoms with van der Waals surface area (Å²) in [4.78, 5) is 0. The minimum absolute atomic E-state index is 0.463. The van der Waals surface area contributed by atoms with Crippen molar-refractivity contribution in [1.82, 2.24) is 4.57 Å². The predicted octanol–water partition coefficient (Wildman–Crippen LogP) is 6.42. The monoisotopic (exact) mass is 359 g/mol. The Morgan fingerprint density at radius 2 is 1.44 bits per heavy atom.